The molecule has 1 heterocycles. The Morgan fingerprint density at radius 1 is 1.42 bits per heavy atom. The predicted molar refractivity (Wildman–Crippen MR) is 77.2 cm³/mol. The summed E-state index contributed by atoms with van der Waals surface area (Å²) in [6.07, 6.45) is 3.24. The van der Waals surface area contributed by atoms with Crippen LogP contribution in [0.3, 0.4) is 0 Å². The second kappa shape index (κ2) is 5.18. The van der Waals surface area contributed by atoms with Crippen LogP contribution in [0, 0.1) is 11.3 Å². The molecule has 1 aliphatic rings. The molecule has 0 radical (unpaired) electrons. The molecular formula is C15H22N4. The third-order valence-corrected chi connectivity index (χ3v) is 4.07. The predicted octanol–water partition coefficient (Wildman–Crippen LogP) is 2.19. The van der Waals surface area contributed by atoms with Crippen LogP contribution in [0.15, 0.2) is 6.07 Å². The van der Waals surface area contributed by atoms with E-state index in [-0.39, 0.29) is 5.54 Å². The van der Waals surface area contributed by atoms with Gasteiger partial charge in [0, 0.05) is 17.8 Å². The summed E-state index contributed by atoms with van der Waals surface area (Å²) in [5.41, 5.74) is 3.08. The molecule has 0 aromatic carbocycles. The number of rotatable bonds is 4. The van der Waals surface area contributed by atoms with Crippen LogP contribution in [-0.2, 0) is 12.8 Å². The molecule has 4 heteroatoms. The Morgan fingerprint density at radius 3 is 2.79 bits per heavy atom. The van der Waals surface area contributed by atoms with E-state index in [0.29, 0.717) is 5.56 Å². The van der Waals surface area contributed by atoms with Crippen molar-refractivity contribution in [3.05, 3.63) is 22.9 Å². The fourth-order valence-electron chi connectivity index (χ4n) is 2.15. The van der Waals surface area contributed by atoms with Crippen molar-refractivity contribution in [1.82, 2.24) is 9.88 Å². The zero-order valence-electron chi connectivity index (χ0n) is 12.2. The van der Waals surface area contributed by atoms with Crippen LogP contribution < -0.4 is 5.32 Å². The second-order valence-electron chi connectivity index (χ2n) is 6.02. The molecule has 0 bridgehead atoms. The number of nitrogens with one attached hydrogen (secondary N) is 1. The average molecular weight is 258 g/mol. The second-order valence-corrected chi connectivity index (χ2v) is 6.02. The number of fused-ring (bicyclic) bond motifs is 1. The Kier molecular flexibility index (Phi) is 3.77. The highest BCUT2D eigenvalue weighted by Gasteiger charge is 2.22. The van der Waals surface area contributed by atoms with Gasteiger partial charge < -0.3 is 10.2 Å². The molecule has 0 saturated heterocycles. The largest absolute Gasteiger partial charge is 0.367 e. The molecule has 4 nitrogen and oxygen atoms in total. The summed E-state index contributed by atoms with van der Waals surface area (Å²) in [5, 5.41) is 12.6. The van der Waals surface area contributed by atoms with Crippen molar-refractivity contribution in [2.75, 3.05) is 26.0 Å². The maximum atomic E-state index is 9.25. The van der Waals surface area contributed by atoms with Crippen LogP contribution in [-0.4, -0.2) is 36.1 Å². The Balaban J connectivity index is 2.19. The van der Waals surface area contributed by atoms with E-state index in [4.69, 9.17) is 0 Å². The summed E-state index contributed by atoms with van der Waals surface area (Å²) in [5.74, 6) is 0.734. The van der Waals surface area contributed by atoms with Crippen LogP contribution in [0.2, 0.25) is 0 Å². The lowest BCUT2D eigenvalue weighted by Gasteiger charge is -2.33. The Bertz CT molecular complexity index is 512. The van der Waals surface area contributed by atoms with Gasteiger partial charge in [0.2, 0.25) is 0 Å². The van der Waals surface area contributed by atoms with E-state index in [1.807, 2.05) is 6.07 Å². The van der Waals surface area contributed by atoms with Gasteiger partial charge >= 0.3 is 0 Å². The van der Waals surface area contributed by atoms with Gasteiger partial charge in [-0.15, -0.1) is 0 Å². The molecular weight excluding hydrogens is 236 g/mol. The van der Waals surface area contributed by atoms with Crippen LogP contribution >= 0.6 is 0 Å². The molecule has 0 amide bonds. The van der Waals surface area contributed by atoms with Crippen molar-refractivity contribution in [3.63, 3.8) is 0 Å². The van der Waals surface area contributed by atoms with Crippen molar-refractivity contribution in [2.24, 2.45) is 0 Å². The van der Waals surface area contributed by atoms with E-state index in [9.17, 15) is 5.26 Å². The van der Waals surface area contributed by atoms with E-state index >= 15 is 0 Å². The van der Waals surface area contributed by atoms with E-state index in [0.717, 1.165) is 37.3 Å². The normalized spacial score (nSPS) is 14.3. The first-order valence-corrected chi connectivity index (χ1v) is 6.78. The Labute approximate surface area is 115 Å². The quantitative estimate of drug-likeness (QED) is 0.899. The number of hydrogen-bond donors (Lipinski definition) is 1. The van der Waals surface area contributed by atoms with Crippen LogP contribution in [0.5, 0.6) is 0 Å². The minimum absolute atomic E-state index is 0.0212. The molecule has 102 valence electrons. The summed E-state index contributed by atoms with van der Waals surface area (Å²) in [4.78, 5) is 6.80. The smallest absolute Gasteiger partial charge is 0.144 e. The highest BCUT2D eigenvalue weighted by molar-refractivity contribution is 5.55. The maximum absolute atomic E-state index is 9.25. The fraction of sp³-hybridized carbons (Fsp3) is 0.600. The van der Waals surface area contributed by atoms with Gasteiger partial charge in [0.15, 0.2) is 0 Å². The van der Waals surface area contributed by atoms with Gasteiger partial charge in [-0.3, -0.25) is 0 Å². The van der Waals surface area contributed by atoms with Gasteiger partial charge in [-0.1, -0.05) is 0 Å². The summed E-state index contributed by atoms with van der Waals surface area (Å²) < 4.78 is 0. The van der Waals surface area contributed by atoms with Crippen LogP contribution in [0.4, 0.5) is 5.82 Å². The lowest BCUT2D eigenvalue weighted by atomic mass is 10.0. The van der Waals surface area contributed by atoms with Gasteiger partial charge in [-0.05, 0) is 58.8 Å². The van der Waals surface area contributed by atoms with Crippen molar-refractivity contribution in [2.45, 2.75) is 38.6 Å². The molecule has 2 rings (SSSR count). The standard InChI is InChI=1S/C15H22N4/c1-15(2,19(3)4)10-17-14-12(9-16)8-11-6-5-7-13(11)18-14/h8H,5-7,10H2,1-4H3,(H,17,18). The molecule has 0 atom stereocenters. The number of nitrogens with zero attached hydrogens (tertiary/aromatic N) is 3. The van der Waals surface area contributed by atoms with Gasteiger partial charge in [0.1, 0.15) is 11.9 Å². The molecule has 0 unspecified atom stereocenters. The zero-order chi connectivity index (χ0) is 14.0. The minimum Gasteiger partial charge on any atom is -0.367 e. The number of pyridine rings is 1. The molecule has 19 heavy (non-hydrogen) atoms. The van der Waals surface area contributed by atoms with Crippen molar-refractivity contribution in [1.29, 1.82) is 5.26 Å². The van der Waals surface area contributed by atoms with Crippen molar-refractivity contribution in [3.8, 4) is 6.07 Å². The molecule has 1 aromatic heterocycles. The van der Waals surface area contributed by atoms with E-state index in [1.165, 1.54) is 5.56 Å². The van der Waals surface area contributed by atoms with E-state index in [1.54, 1.807) is 0 Å². The van der Waals surface area contributed by atoms with Crippen molar-refractivity contribution >= 4 is 5.82 Å². The van der Waals surface area contributed by atoms with Gasteiger partial charge in [0.05, 0.1) is 5.56 Å². The van der Waals surface area contributed by atoms with Gasteiger partial charge in [-0.25, -0.2) is 4.98 Å². The molecule has 0 saturated carbocycles. The van der Waals surface area contributed by atoms with Crippen LogP contribution in [0.1, 0.15) is 37.1 Å². The summed E-state index contributed by atoms with van der Waals surface area (Å²) in [7, 11) is 4.12. The molecule has 1 aliphatic carbocycles. The molecule has 0 spiro atoms. The minimum atomic E-state index is 0.0212. The highest BCUT2D eigenvalue weighted by atomic mass is 15.2. The van der Waals surface area contributed by atoms with Crippen LogP contribution in [0.25, 0.3) is 0 Å². The summed E-state index contributed by atoms with van der Waals surface area (Å²) in [6, 6.07) is 4.25. The third kappa shape index (κ3) is 2.87. The number of aromatic nitrogens is 1. The number of likely N-dealkylation sites (N-methyl/N-ethyl adjacent to an activating group) is 1. The number of hydrogen-bond acceptors (Lipinski definition) is 4. The topological polar surface area (TPSA) is 52.0 Å². The average Bonchev–Trinajstić information content (AvgIpc) is 2.81. The first kappa shape index (κ1) is 13.8. The fourth-order valence-corrected chi connectivity index (χ4v) is 2.15. The number of anilines is 1. The first-order chi connectivity index (χ1) is 8.94. The monoisotopic (exact) mass is 258 g/mol. The zero-order valence-corrected chi connectivity index (χ0v) is 12.2. The van der Waals surface area contributed by atoms with Crippen molar-refractivity contribution < 1.29 is 0 Å². The van der Waals surface area contributed by atoms with Gasteiger partial charge in [0.25, 0.3) is 0 Å². The van der Waals surface area contributed by atoms with E-state index in [2.05, 4.69) is 49.2 Å². The molecule has 1 N–H and O–H groups in total. The first-order valence-electron chi connectivity index (χ1n) is 6.78. The maximum Gasteiger partial charge on any atom is 0.144 e. The third-order valence-electron chi connectivity index (χ3n) is 4.07. The lowest BCUT2D eigenvalue weighted by molar-refractivity contribution is 0.210. The Hall–Kier alpha value is -1.60. The summed E-state index contributed by atoms with van der Waals surface area (Å²) in [6.45, 7) is 5.10. The number of nitriles is 1. The van der Waals surface area contributed by atoms with E-state index < -0.39 is 0 Å². The molecule has 0 fully saturated rings. The van der Waals surface area contributed by atoms with Gasteiger partial charge in [-0.2, -0.15) is 5.26 Å². The molecule has 1 aromatic rings. The SMILES string of the molecule is CN(C)C(C)(C)CNc1nc2c(cc1C#N)CCC2. The molecule has 0 aliphatic heterocycles. The number of aryl methyl sites for hydroxylation is 2. The highest BCUT2D eigenvalue weighted by Crippen LogP contribution is 2.25. The Morgan fingerprint density at radius 2 is 2.16 bits per heavy atom. The summed E-state index contributed by atoms with van der Waals surface area (Å²) >= 11 is 0. The lowest BCUT2D eigenvalue weighted by Crippen LogP contribution is -2.44.